The van der Waals surface area contributed by atoms with E-state index in [9.17, 15) is 18.0 Å². The van der Waals surface area contributed by atoms with Crippen molar-refractivity contribution in [3.05, 3.63) is 0 Å². The fourth-order valence-corrected chi connectivity index (χ4v) is 2.98. The zero-order valence-electron chi connectivity index (χ0n) is 12.3. The van der Waals surface area contributed by atoms with Gasteiger partial charge in [-0.15, -0.1) is 0 Å². The van der Waals surface area contributed by atoms with Crippen molar-refractivity contribution in [2.24, 2.45) is 5.92 Å². The fraction of sp³-hybridized carbons (Fsp3) is 0.929. The Balaban J connectivity index is 1.84. The molecule has 2 heterocycles. The molecule has 7 heteroatoms. The summed E-state index contributed by atoms with van der Waals surface area (Å²) in [6.45, 7) is 3.53. The summed E-state index contributed by atoms with van der Waals surface area (Å²) in [6, 6.07) is -0.495. The lowest BCUT2D eigenvalue weighted by Gasteiger charge is -2.34. The van der Waals surface area contributed by atoms with Gasteiger partial charge in [-0.05, 0) is 32.6 Å². The van der Waals surface area contributed by atoms with E-state index in [2.05, 4.69) is 5.32 Å². The van der Waals surface area contributed by atoms with Crippen molar-refractivity contribution in [1.29, 1.82) is 0 Å². The molecular formula is C14H23F3N2O2. The largest absolute Gasteiger partial charge is 0.393 e. The van der Waals surface area contributed by atoms with Gasteiger partial charge in [0, 0.05) is 26.2 Å². The van der Waals surface area contributed by atoms with Crippen molar-refractivity contribution < 1.29 is 22.7 Å². The zero-order chi connectivity index (χ0) is 15.5. The summed E-state index contributed by atoms with van der Waals surface area (Å²) >= 11 is 0. The summed E-state index contributed by atoms with van der Waals surface area (Å²) in [5.74, 6) is -1.44. The van der Waals surface area contributed by atoms with Crippen LogP contribution in [0.1, 0.15) is 32.6 Å². The molecule has 2 aliphatic heterocycles. The van der Waals surface area contributed by atoms with E-state index in [1.165, 1.54) is 0 Å². The second-order valence-electron chi connectivity index (χ2n) is 5.79. The van der Waals surface area contributed by atoms with E-state index in [0.717, 1.165) is 19.4 Å². The number of carbonyl (C=O) groups is 1. The smallest absolute Gasteiger partial charge is 0.376 e. The number of rotatable bonds is 4. The molecule has 0 aromatic rings. The Hall–Kier alpha value is -0.820. The van der Waals surface area contributed by atoms with Crippen LogP contribution in [0.4, 0.5) is 13.2 Å². The number of ether oxygens (including phenoxy) is 1. The van der Waals surface area contributed by atoms with Gasteiger partial charge in [0.05, 0.1) is 18.1 Å². The van der Waals surface area contributed by atoms with Gasteiger partial charge in [-0.1, -0.05) is 0 Å². The van der Waals surface area contributed by atoms with Crippen LogP contribution in [-0.4, -0.2) is 55.4 Å². The fourth-order valence-electron chi connectivity index (χ4n) is 2.98. The molecular weight excluding hydrogens is 285 g/mol. The highest BCUT2D eigenvalue weighted by Gasteiger charge is 2.43. The summed E-state index contributed by atoms with van der Waals surface area (Å²) in [7, 11) is 0. The Morgan fingerprint density at radius 3 is 2.57 bits per heavy atom. The lowest BCUT2D eigenvalue weighted by atomic mass is 9.93. The number of carbonyl (C=O) groups excluding carboxylic acids is 1. The van der Waals surface area contributed by atoms with Crippen molar-refractivity contribution in [2.45, 2.75) is 50.9 Å². The maximum Gasteiger partial charge on any atom is 0.393 e. The molecule has 122 valence electrons. The lowest BCUT2D eigenvalue weighted by Crippen LogP contribution is -2.53. The van der Waals surface area contributed by atoms with Gasteiger partial charge in [-0.2, -0.15) is 13.2 Å². The number of halogens is 3. The first-order chi connectivity index (χ1) is 9.91. The van der Waals surface area contributed by atoms with Crippen molar-refractivity contribution >= 4 is 5.91 Å². The van der Waals surface area contributed by atoms with Gasteiger partial charge in [-0.25, -0.2) is 0 Å². The number of hydrogen-bond acceptors (Lipinski definition) is 3. The summed E-state index contributed by atoms with van der Waals surface area (Å²) in [4.78, 5) is 14.1. The lowest BCUT2D eigenvalue weighted by molar-refractivity contribution is -0.180. The SMILES string of the molecule is CCN(CC1CCCO1)C(=O)C1CCC(C(F)(F)F)CN1. The molecule has 0 saturated carbocycles. The van der Waals surface area contributed by atoms with Crippen molar-refractivity contribution in [2.75, 3.05) is 26.2 Å². The molecule has 0 radical (unpaired) electrons. The molecule has 2 rings (SSSR count). The summed E-state index contributed by atoms with van der Waals surface area (Å²) in [5, 5.41) is 2.76. The quantitative estimate of drug-likeness (QED) is 0.863. The normalized spacial score (nSPS) is 30.4. The monoisotopic (exact) mass is 308 g/mol. The van der Waals surface area contributed by atoms with E-state index in [-0.39, 0.29) is 31.4 Å². The first-order valence-electron chi connectivity index (χ1n) is 7.62. The van der Waals surface area contributed by atoms with Crippen molar-refractivity contribution in [1.82, 2.24) is 10.2 Å². The van der Waals surface area contributed by atoms with E-state index in [1.807, 2.05) is 6.92 Å². The van der Waals surface area contributed by atoms with Crippen LogP contribution < -0.4 is 5.32 Å². The first-order valence-corrected chi connectivity index (χ1v) is 7.62. The Morgan fingerprint density at radius 2 is 2.10 bits per heavy atom. The van der Waals surface area contributed by atoms with Crippen LogP contribution >= 0.6 is 0 Å². The molecule has 2 saturated heterocycles. The third-order valence-electron chi connectivity index (χ3n) is 4.32. The number of likely N-dealkylation sites (N-methyl/N-ethyl adjacent to an activating group) is 1. The summed E-state index contributed by atoms with van der Waals surface area (Å²) in [5.41, 5.74) is 0. The second-order valence-corrected chi connectivity index (χ2v) is 5.79. The summed E-state index contributed by atoms with van der Waals surface area (Å²) in [6.07, 6.45) is -1.90. The van der Waals surface area contributed by atoms with Gasteiger partial charge in [0.15, 0.2) is 0 Å². The number of amides is 1. The highest BCUT2D eigenvalue weighted by atomic mass is 19.4. The molecule has 3 atom stereocenters. The van der Waals surface area contributed by atoms with Crippen LogP contribution in [0.15, 0.2) is 0 Å². The van der Waals surface area contributed by atoms with E-state index in [4.69, 9.17) is 4.74 Å². The van der Waals surface area contributed by atoms with Gasteiger partial charge in [0.25, 0.3) is 0 Å². The Bertz CT molecular complexity index is 349. The van der Waals surface area contributed by atoms with Crippen LogP contribution in [0, 0.1) is 5.92 Å². The maximum atomic E-state index is 12.6. The molecule has 0 spiro atoms. The van der Waals surface area contributed by atoms with Gasteiger partial charge in [-0.3, -0.25) is 4.79 Å². The molecule has 0 aliphatic carbocycles. The zero-order valence-corrected chi connectivity index (χ0v) is 12.3. The van der Waals surface area contributed by atoms with Crippen LogP contribution in [0.3, 0.4) is 0 Å². The molecule has 1 amide bonds. The third kappa shape index (κ3) is 4.32. The van der Waals surface area contributed by atoms with Crippen LogP contribution in [0.25, 0.3) is 0 Å². The minimum atomic E-state index is -4.18. The predicted octanol–water partition coefficient (Wildman–Crippen LogP) is 1.94. The van der Waals surface area contributed by atoms with Crippen LogP contribution in [-0.2, 0) is 9.53 Å². The predicted molar refractivity (Wildman–Crippen MR) is 71.8 cm³/mol. The van der Waals surface area contributed by atoms with Gasteiger partial charge < -0.3 is 15.0 Å². The molecule has 21 heavy (non-hydrogen) atoms. The van der Waals surface area contributed by atoms with E-state index < -0.39 is 18.1 Å². The molecule has 2 fully saturated rings. The van der Waals surface area contributed by atoms with E-state index >= 15 is 0 Å². The number of alkyl halides is 3. The highest BCUT2D eigenvalue weighted by molar-refractivity contribution is 5.82. The molecule has 0 aromatic heterocycles. The number of nitrogens with zero attached hydrogens (tertiary/aromatic N) is 1. The van der Waals surface area contributed by atoms with E-state index in [1.54, 1.807) is 4.90 Å². The van der Waals surface area contributed by atoms with Crippen molar-refractivity contribution in [3.8, 4) is 0 Å². The maximum absolute atomic E-state index is 12.6. The van der Waals surface area contributed by atoms with Gasteiger partial charge in [0.2, 0.25) is 5.91 Å². The van der Waals surface area contributed by atoms with Crippen LogP contribution in [0.5, 0.6) is 0 Å². The van der Waals surface area contributed by atoms with Crippen molar-refractivity contribution in [3.63, 3.8) is 0 Å². The first kappa shape index (κ1) is 16.5. The minimum absolute atomic E-state index is 0.0182. The minimum Gasteiger partial charge on any atom is -0.376 e. The average molecular weight is 308 g/mol. The Kier molecular flexibility index (Phi) is 5.48. The number of piperidine rings is 1. The standard InChI is InChI=1S/C14H23F3N2O2/c1-2-19(9-11-4-3-7-21-11)13(20)12-6-5-10(8-18-12)14(15,16)17/h10-12,18H,2-9H2,1H3. The molecule has 3 unspecified atom stereocenters. The van der Waals surface area contributed by atoms with Gasteiger partial charge in [0.1, 0.15) is 0 Å². The topological polar surface area (TPSA) is 41.6 Å². The number of hydrogen-bond donors (Lipinski definition) is 1. The molecule has 4 nitrogen and oxygen atoms in total. The second kappa shape index (κ2) is 6.96. The average Bonchev–Trinajstić information content (AvgIpc) is 2.96. The number of nitrogens with one attached hydrogen (secondary N) is 1. The molecule has 1 N–H and O–H groups in total. The van der Waals surface area contributed by atoms with E-state index in [0.29, 0.717) is 13.1 Å². The molecule has 0 aromatic carbocycles. The molecule has 2 aliphatic rings. The highest BCUT2D eigenvalue weighted by Crippen LogP contribution is 2.32. The Labute approximate surface area is 123 Å². The molecule has 0 bridgehead atoms. The summed E-state index contributed by atoms with van der Waals surface area (Å²) < 4.78 is 43.4. The third-order valence-corrected chi connectivity index (χ3v) is 4.32. The Morgan fingerprint density at radius 1 is 1.33 bits per heavy atom. The van der Waals surface area contributed by atoms with Crippen LogP contribution in [0.2, 0.25) is 0 Å². The van der Waals surface area contributed by atoms with Gasteiger partial charge >= 0.3 is 6.18 Å².